The van der Waals surface area contributed by atoms with Crippen LogP contribution in [0.15, 0.2) is 29.2 Å². The first kappa shape index (κ1) is 15.5. The molecule has 21 heavy (non-hydrogen) atoms. The van der Waals surface area contributed by atoms with Gasteiger partial charge in [0.15, 0.2) is 0 Å². The lowest BCUT2D eigenvalue weighted by Gasteiger charge is -2.08. The molecule has 0 aliphatic carbocycles. The Morgan fingerprint density at radius 1 is 1.33 bits per heavy atom. The number of nitriles is 1. The summed E-state index contributed by atoms with van der Waals surface area (Å²) in [7, 11) is -3.70. The third-order valence-corrected chi connectivity index (χ3v) is 5.71. The average molecular weight is 321 g/mol. The first-order valence-corrected chi connectivity index (χ1v) is 8.48. The van der Waals surface area contributed by atoms with Crippen molar-refractivity contribution in [1.29, 1.82) is 5.26 Å². The summed E-state index contributed by atoms with van der Waals surface area (Å²) < 4.78 is 27.0. The maximum atomic E-state index is 12.2. The molecule has 0 saturated heterocycles. The maximum absolute atomic E-state index is 12.2. The van der Waals surface area contributed by atoms with E-state index >= 15 is 0 Å². The molecule has 0 aliphatic rings. The summed E-state index contributed by atoms with van der Waals surface area (Å²) >= 11 is 1.56. The van der Waals surface area contributed by atoms with Crippen molar-refractivity contribution in [2.24, 2.45) is 0 Å². The van der Waals surface area contributed by atoms with Crippen LogP contribution in [0.5, 0.6) is 0 Å². The van der Waals surface area contributed by atoms with E-state index in [1.807, 2.05) is 26.0 Å². The molecule has 3 N–H and O–H groups in total. The SMILES string of the molecule is Cc1cc(CNS(=O)(=O)c2ccc(C#N)cc2N)sc1C. The van der Waals surface area contributed by atoms with Gasteiger partial charge in [0.1, 0.15) is 4.90 Å². The van der Waals surface area contributed by atoms with Gasteiger partial charge >= 0.3 is 0 Å². The van der Waals surface area contributed by atoms with E-state index in [4.69, 9.17) is 11.0 Å². The smallest absolute Gasteiger partial charge is 0.242 e. The van der Waals surface area contributed by atoms with Crippen molar-refractivity contribution < 1.29 is 8.42 Å². The van der Waals surface area contributed by atoms with Crippen LogP contribution in [0.2, 0.25) is 0 Å². The molecule has 2 aromatic rings. The molecule has 0 spiro atoms. The summed E-state index contributed by atoms with van der Waals surface area (Å²) in [4.78, 5) is 2.11. The number of hydrogen-bond acceptors (Lipinski definition) is 5. The Balaban J connectivity index is 2.21. The summed E-state index contributed by atoms with van der Waals surface area (Å²) in [5.41, 5.74) is 7.26. The molecule has 5 nitrogen and oxygen atoms in total. The summed E-state index contributed by atoms with van der Waals surface area (Å²) in [6.07, 6.45) is 0. The molecule has 110 valence electrons. The van der Waals surface area contributed by atoms with Gasteiger partial charge in [-0.2, -0.15) is 5.26 Å². The highest BCUT2D eigenvalue weighted by atomic mass is 32.2. The Bertz CT molecular complexity index is 798. The normalized spacial score (nSPS) is 11.3. The number of aryl methyl sites for hydroxylation is 2. The molecule has 1 aromatic heterocycles. The Hall–Kier alpha value is -1.88. The predicted octanol–water partition coefficient (Wildman–Crippen LogP) is 2.30. The molecule has 0 unspecified atom stereocenters. The van der Waals surface area contributed by atoms with Crippen molar-refractivity contribution in [2.45, 2.75) is 25.3 Å². The third kappa shape index (κ3) is 3.42. The largest absolute Gasteiger partial charge is 0.398 e. The van der Waals surface area contributed by atoms with Gasteiger partial charge in [-0.15, -0.1) is 11.3 Å². The Morgan fingerprint density at radius 2 is 2.05 bits per heavy atom. The molecule has 0 amide bonds. The van der Waals surface area contributed by atoms with Gasteiger partial charge in [-0.3, -0.25) is 0 Å². The first-order valence-electron chi connectivity index (χ1n) is 6.18. The number of nitrogens with one attached hydrogen (secondary N) is 1. The highest BCUT2D eigenvalue weighted by Gasteiger charge is 2.18. The van der Waals surface area contributed by atoms with Crippen LogP contribution in [0.25, 0.3) is 0 Å². The minimum absolute atomic E-state index is 0.00787. The molecule has 0 bridgehead atoms. The summed E-state index contributed by atoms with van der Waals surface area (Å²) in [6.45, 7) is 4.21. The lowest BCUT2D eigenvalue weighted by atomic mass is 10.2. The molecular weight excluding hydrogens is 306 g/mol. The molecular formula is C14H15N3O2S2. The van der Waals surface area contributed by atoms with Crippen molar-refractivity contribution in [3.8, 4) is 6.07 Å². The van der Waals surface area contributed by atoms with Crippen molar-refractivity contribution >= 4 is 27.0 Å². The zero-order chi connectivity index (χ0) is 15.6. The van der Waals surface area contributed by atoms with E-state index in [0.29, 0.717) is 5.56 Å². The fourth-order valence-electron chi connectivity index (χ4n) is 1.84. The van der Waals surface area contributed by atoms with Gasteiger partial charge in [0.2, 0.25) is 10.0 Å². The van der Waals surface area contributed by atoms with Crippen LogP contribution in [-0.2, 0) is 16.6 Å². The van der Waals surface area contributed by atoms with Crippen LogP contribution >= 0.6 is 11.3 Å². The van der Waals surface area contributed by atoms with Crippen molar-refractivity contribution in [3.05, 3.63) is 45.1 Å². The fraction of sp³-hybridized carbons (Fsp3) is 0.214. The Labute approximate surface area is 128 Å². The average Bonchev–Trinajstić information content (AvgIpc) is 2.75. The van der Waals surface area contributed by atoms with Crippen LogP contribution in [0.1, 0.15) is 20.9 Å². The molecule has 0 fully saturated rings. The standard InChI is InChI=1S/C14H15N3O2S2/c1-9-5-12(20-10(9)2)8-17-21(18,19)14-4-3-11(7-15)6-13(14)16/h3-6,17H,8,16H2,1-2H3. The zero-order valence-electron chi connectivity index (χ0n) is 11.7. The molecule has 0 atom stereocenters. The van der Waals surface area contributed by atoms with E-state index in [0.717, 1.165) is 10.4 Å². The van der Waals surface area contributed by atoms with Crippen LogP contribution in [0.3, 0.4) is 0 Å². The third-order valence-electron chi connectivity index (χ3n) is 3.08. The van der Waals surface area contributed by atoms with Gasteiger partial charge in [-0.1, -0.05) is 0 Å². The van der Waals surface area contributed by atoms with Gasteiger partial charge in [0, 0.05) is 16.3 Å². The summed E-state index contributed by atoms with van der Waals surface area (Å²) in [5.74, 6) is 0. The topological polar surface area (TPSA) is 96.0 Å². The van der Waals surface area contributed by atoms with Crippen LogP contribution in [-0.4, -0.2) is 8.42 Å². The van der Waals surface area contributed by atoms with Crippen molar-refractivity contribution in [3.63, 3.8) is 0 Å². The number of nitrogen functional groups attached to an aromatic ring is 1. The lowest BCUT2D eigenvalue weighted by molar-refractivity contribution is 0.582. The number of hydrogen-bond donors (Lipinski definition) is 2. The summed E-state index contributed by atoms with van der Waals surface area (Å²) in [6, 6.07) is 8.02. The quantitative estimate of drug-likeness (QED) is 0.845. The highest BCUT2D eigenvalue weighted by molar-refractivity contribution is 7.89. The lowest BCUT2D eigenvalue weighted by Crippen LogP contribution is -2.23. The van der Waals surface area contributed by atoms with E-state index in [-0.39, 0.29) is 17.1 Å². The van der Waals surface area contributed by atoms with Gasteiger partial charge in [0.05, 0.1) is 17.3 Å². The number of nitrogens with two attached hydrogens (primary N) is 1. The van der Waals surface area contributed by atoms with Gasteiger partial charge in [0.25, 0.3) is 0 Å². The van der Waals surface area contributed by atoms with Gasteiger partial charge in [-0.05, 0) is 43.7 Å². The molecule has 1 heterocycles. The number of benzene rings is 1. The van der Waals surface area contributed by atoms with E-state index < -0.39 is 10.0 Å². The molecule has 0 saturated carbocycles. The highest BCUT2D eigenvalue weighted by Crippen LogP contribution is 2.22. The fourth-order valence-corrected chi connectivity index (χ4v) is 4.05. The predicted molar refractivity (Wildman–Crippen MR) is 83.4 cm³/mol. The van der Waals surface area contributed by atoms with Crippen molar-refractivity contribution in [2.75, 3.05) is 5.73 Å². The Morgan fingerprint density at radius 3 is 2.57 bits per heavy atom. The van der Waals surface area contributed by atoms with Crippen molar-refractivity contribution in [1.82, 2.24) is 4.72 Å². The molecule has 0 radical (unpaired) electrons. The Kier molecular flexibility index (Phi) is 4.32. The molecule has 7 heteroatoms. The molecule has 1 aromatic carbocycles. The second-order valence-corrected chi connectivity index (χ2v) is 7.72. The minimum atomic E-state index is -3.70. The van der Waals surface area contributed by atoms with E-state index in [1.165, 1.54) is 23.1 Å². The summed E-state index contributed by atoms with van der Waals surface area (Å²) in [5, 5.41) is 8.77. The van der Waals surface area contributed by atoms with Gasteiger partial charge < -0.3 is 5.73 Å². The molecule has 2 rings (SSSR count). The second kappa shape index (κ2) is 5.85. The number of thiophene rings is 1. The maximum Gasteiger partial charge on any atom is 0.242 e. The number of nitrogens with zero attached hydrogens (tertiary/aromatic N) is 1. The second-order valence-electron chi connectivity index (χ2n) is 4.64. The number of anilines is 1. The van der Waals surface area contributed by atoms with Gasteiger partial charge in [-0.25, -0.2) is 13.1 Å². The van der Waals surface area contributed by atoms with Crippen LogP contribution in [0, 0.1) is 25.2 Å². The number of sulfonamides is 1. The van der Waals surface area contributed by atoms with E-state index in [9.17, 15) is 8.42 Å². The van der Waals surface area contributed by atoms with Crippen LogP contribution in [0.4, 0.5) is 5.69 Å². The monoisotopic (exact) mass is 321 g/mol. The molecule has 0 aliphatic heterocycles. The first-order chi connectivity index (χ1) is 9.83. The van der Waals surface area contributed by atoms with E-state index in [2.05, 4.69) is 4.72 Å². The van der Waals surface area contributed by atoms with E-state index in [1.54, 1.807) is 11.3 Å². The number of rotatable bonds is 4. The van der Waals surface area contributed by atoms with Crippen LogP contribution < -0.4 is 10.5 Å². The zero-order valence-corrected chi connectivity index (χ0v) is 13.3. The minimum Gasteiger partial charge on any atom is -0.398 e.